The van der Waals surface area contributed by atoms with Crippen molar-refractivity contribution in [1.29, 1.82) is 0 Å². The largest absolute Gasteiger partial charge is 0.451 e. The van der Waals surface area contributed by atoms with Gasteiger partial charge in [0.25, 0.3) is 5.91 Å². The molecule has 1 amide bonds. The number of esters is 1. The lowest BCUT2D eigenvalue weighted by Gasteiger charge is -2.44. The molecule has 7 heteroatoms. The van der Waals surface area contributed by atoms with Crippen molar-refractivity contribution in [3.05, 3.63) is 120 Å². The van der Waals surface area contributed by atoms with E-state index in [0.717, 1.165) is 16.7 Å². The van der Waals surface area contributed by atoms with Gasteiger partial charge < -0.3 is 14.6 Å². The number of ether oxygens (including phenoxy) is 2. The first kappa shape index (κ1) is 22.6. The predicted octanol–water partition coefficient (Wildman–Crippen LogP) is 3.25. The highest BCUT2D eigenvalue weighted by molar-refractivity contribution is 6.03. The molecule has 0 unspecified atom stereocenters. The third-order valence-corrected chi connectivity index (χ3v) is 6.09. The van der Waals surface area contributed by atoms with E-state index in [2.05, 4.69) is 11.6 Å². The number of carbonyl (C=O) groups is 2. The number of β-lactam (4-membered cyclic amide) rings is 1. The summed E-state index contributed by atoms with van der Waals surface area (Å²) in [4.78, 5) is 32.2. The number of aliphatic imine (C=N–C) groups is 1. The molecule has 7 nitrogen and oxygen atoms in total. The number of aliphatic hydroxyl groups excluding tert-OH is 1. The molecule has 0 radical (unpaired) electrons. The van der Waals surface area contributed by atoms with E-state index in [-0.39, 0.29) is 11.5 Å². The highest BCUT2D eigenvalue weighted by Gasteiger charge is 2.58. The molecule has 1 saturated heterocycles. The zero-order valence-electron chi connectivity index (χ0n) is 18.9. The Morgan fingerprint density at radius 1 is 0.971 bits per heavy atom. The van der Waals surface area contributed by atoms with E-state index in [4.69, 9.17) is 9.47 Å². The Morgan fingerprint density at radius 2 is 1.51 bits per heavy atom. The number of hydrogen-bond donors (Lipinski definition) is 1. The topological polar surface area (TPSA) is 88.4 Å². The van der Waals surface area contributed by atoms with Gasteiger partial charge >= 0.3 is 5.97 Å². The molecule has 5 rings (SSSR count). The van der Waals surface area contributed by atoms with E-state index in [9.17, 15) is 14.7 Å². The Bertz CT molecular complexity index is 1220. The van der Waals surface area contributed by atoms with Gasteiger partial charge in [0.2, 0.25) is 12.1 Å². The minimum Gasteiger partial charge on any atom is -0.451 e. The van der Waals surface area contributed by atoms with Gasteiger partial charge in [0.1, 0.15) is 0 Å². The maximum atomic E-state index is 13.5. The Balaban J connectivity index is 1.41. The number of amides is 1. The number of hydrogen-bond acceptors (Lipinski definition) is 6. The maximum absolute atomic E-state index is 13.5. The van der Waals surface area contributed by atoms with E-state index in [0.29, 0.717) is 5.90 Å². The van der Waals surface area contributed by atoms with Crippen LogP contribution in [0.3, 0.4) is 0 Å². The summed E-state index contributed by atoms with van der Waals surface area (Å²) in [6.07, 6.45) is -1.47. The molecule has 1 fully saturated rings. The van der Waals surface area contributed by atoms with Crippen LogP contribution in [0.2, 0.25) is 0 Å². The van der Waals surface area contributed by atoms with Crippen LogP contribution in [-0.4, -0.2) is 52.7 Å². The van der Waals surface area contributed by atoms with Crippen molar-refractivity contribution in [2.24, 2.45) is 4.99 Å². The minimum atomic E-state index is -1.21. The molecule has 0 bridgehead atoms. The fourth-order valence-electron chi connectivity index (χ4n) is 4.31. The molecular formula is C28H24N2O5. The molecule has 1 N–H and O–H groups in total. The molecule has 3 atom stereocenters. The molecule has 2 heterocycles. The standard InChI is InChI=1S/C28H24N2O5/c1-18(17-31)23(30-26(32)22-27(30)35-25(29-22)21-15-9-4-10-16-21)28(33)34-24(19-11-5-2-6-12-19)20-13-7-3-8-14-20/h2-16,22-24,27,31H,1,17H2/t22-,23+,27-/m0/s1. The van der Waals surface area contributed by atoms with Crippen LogP contribution >= 0.6 is 0 Å². The van der Waals surface area contributed by atoms with Gasteiger partial charge in [-0.15, -0.1) is 0 Å². The highest BCUT2D eigenvalue weighted by atomic mass is 16.6. The van der Waals surface area contributed by atoms with Crippen LogP contribution in [0.5, 0.6) is 0 Å². The summed E-state index contributed by atoms with van der Waals surface area (Å²) in [6.45, 7) is 3.35. The number of nitrogens with zero attached hydrogens (tertiary/aromatic N) is 2. The molecule has 0 aliphatic carbocycles. The van der Waals surface area contributed by atoms with Gasteiger partial charge in [-0.2, -0.15) is 0 Å². The molecule has 3 aromatic rings. The first-order valence-electron chi connectivity index (χ1n) is 11.3. The van der Waals surface area contributed by atoms with Gasteiger partial charge in [0.15, 0.2) is 18.2 Å². The first-order valence-corrected chi connectivity index (χ1v) is 11.3. The van der Waals surface area contributed by atoms with Crippen LogP contribution in [-0.2, 0) is 19.1 Å². The van der Waals surface area contributed by atoms with Crippen molar-refractivity contribution in [3.8, 4) is 0 Å². The fourth-order valence-corrected chi connectivity index (χ4v) is 4.31. The van der Waals surface area contributed by atoms with Gasteiger partial charge in [-0.1, -0.05) is 85.4 Å². The summed E-state index contributed by atoms with van der Waals surface area (Å²) in [5.74, 6) is -0.747. The number of benzene rings is 3. The summed E-state index contributed by atoms with van der Waals surface area (Å²) >= 11 is 0. The Kier molecular flexibility index (Phi) is 6.16. The summed E-state index contributed by atoms with van der Waals surface area (Å²) in [5.41, 5.74) is 2.43. The Morgan fingerprint density at radius 3 is 2.06 bits per heavy atom. The summed E-state index contributed by atoms with van der Waals surface area (Å²) in [7, 11) is 0. The van der Waals surface area contributed by atoms with Crippen molar-refractivity contribution in [2.45, 2.75) is 24.4 Å². The summed E-state index contributed by atoms with van der Waals surface area (Å²) < 4.78 is 11.9. The van der Waals surface area contributed by atoms with Crippen molar-refractivity contribution >= 4 is 17.8 Å². The van der Waals surface area contributed by atoms with Crippen LogP contribution < -0.4 is 0 Å². The molecule has 176 valence electrons. The first-order chi connectivity index (χ1) is 17.1. The van der Waals surface area contributed by atoms with Gasteiger partial charge in [-0.3, -0.25) is 9.69 Å². The van der Waals surface area contributed by atoms with E-state index in [1.807, 2.05) is 91.0 Å². The number of fused-ring (bicyclic) bond motifs is 1. The molecule has 0 aromatic heterocycles. The van der Waals surface area contributed by atoms with Crippen LogP contribution in [0.15, 0.2) is 108 Å². The summed E-state index contributed by atoms with van der Waals surface area (Å²) in [5, 5.41) is 9.83. The average Bonchev–Trinajstić information content (AvgIpc) is 3.31. The molecule has 3 aromatic carbocycles. The van der Waals surface area contributed by atoms with Crippen molar-refractivity contribution in [2.75, 3.05) is 6.61 Å². The van der Waals surface area contributed by atoms with E-state index >= 15 is 0 Å². The fraction of sp³-hybridized carbons (Fsp3) is 0.179. The van der Waals surface area contributed by atoms with Gasteiger partial charge in [-0.05, 0) is 28.8 Å². The average molecular weight is 469 g/mol. The second-order valence-corrected chi connectivity index (χ2v) is 8.36. The van der Waals surface area contributed by atoms with E-state index in [1.54, 1.807) is 0 Å². The lowest BCUT2D eigenvalue weighted by Crippen LogP contribution is -2.68. The van der Waals surface area contributed by atoms with Crippen LogP contribution in [0, 0.1) is 0 Å². The monoisotopic (exact) mass is 468 g/mol. The number of aliphatic hydroxyl groups is 1. The van der Waals surface area contributed by atoms with Crippen LogP contribution in [0.1, 0.15) is 22.8 Å². The Labute approximate surface area is 202 Å². The number of rotatable bonds is 8. The zero-order chi connectivity index (χ0) is 24.4. The van der Waals surface area contributed by atoms with Crippen molar-refractivity contribution in [3.63, 3.8) is 0 Å². The predicted molar refractivity (Wildman–Crippen MR) is 129 cm³/mol. The molecule has 0 saturated carbocycles. The van der Waals surface area contributed by atoms with Crippen LogP contribution in [0.4, 0.5) is 0 Å². The third kappa shape index (κ3) is 4.22. The van der Waals surface area contributed by atoms with Crippen molar-refractivity contribution in [1.82, 2.24) is 4.90 Å². The van der Waals surface area contributed by atoms with Crippen molar-refractivity contribution < 1.29 is 24.2 Å². The van der Waals surface area contributed by atoms with E-state index in [1.165, 1.54) is 4.90 Å². The van der Waals surface area contributed by atoms with Gasteiger partial charge in [0, 0.05) is 5.56 Å². The second kappa shape index (κ2) is 9.56. The Hall–Kier alpha value is -4.23. The maximum Gasteiger partial charge on any atom is 0.334 e. The molecule has 2 aliphatic heterocycles. The molecule has 35 heavy (non-hydrogen) atoms. The summed E-state index contributed by atoms with van der Waals surface area (Å²) in [6, 6.07) is 26.0. The normalized spacial score (nSPS) is 19.3. The number of carbonyl (C=O) groups excluding carboxylic acids is 2. The smallest absolute Gasteiger partial charge is 0.334 e. The van der Waals surface area contributed by atoms with Gasteiger partial charge in [-0.25, -0.2) is 9.79 Å². The van der Waals surface area contributed by atoms with Crippen LogP contribution in [0.25, 0.3) is 0 Å². The lowest BCUT2D eigenvalue weighted by molar-refractivity contribution is -0.179. The number of likely N-dealkylation sites (tertiary alicyclic amines) is 1. The highest BCUT2D eigenvalue weighted by Crippen LogP contribution is 2.36. The molecular weight excluding hydrogens is 444 g/mol. The third-order valence-electron chi connectivity index (χ3n) is 6.09. The molecule has 0 spiro atoms. The minimum absolute atomic E-state index is 0.137. The lowest BCUT2D eigenvalue weighted by atomic mass is 9.97. The van der Waals surface area contributed by atoms with Gasteiger partial charge in [0.05, 0.1) is 6.61 Å². The zero-order valence-corrected chi connectivity index (χ0v) is 18.9. The van der Waals surface area contributed by atoms with E-state index < -0.39 is 37.0 Å². The second-order valence-electron chi connectivity index (χ2n) is 8.36. The quantitative estimate of drug-likeness (QED) is 0.312. The molecule has 2 aliphatic rings. The SMILES string of the molecule is C=C(CO)[C@H](C(=O)OC(c1ccccc1)c1ccccc1)N1C(=O)[C@@H]2N=C(c3ccccc3)O[C@@H]21.